The van der Waals surface area contributed by atoms with E-state index in [1.807, 2.05) is 0 Å². The smallest absolute Gasteiger partial charge is 0.459 e. The molecule has 0 saturated heterocycles. The van der Waals surface area contributed by atoms with Gasteiger partial charge in [-0.15, -0.1) is 4.58 Å². The van der Waals surface area contributed by atoms with Gasteiger partial charge in [-0.1, -0.05) is 11.6 Å². The number of nitrogens with zero attached hydrogens (tertiary/aromatic N) is 2. The molecular formula is C16H16ClN2O4+. The Morgan fingerprint density at radius 3 is 2.83 bits per heavy atom. The highest BCUT2D eigenvalue weighted by Crippen LogP contribution is 2.36. The summed E-state index contributed by atoms with van der Waals surface area (Å²) in [6.07, 6.45) is 0. The lowest BCUT2D eigenvalue weighted by Gasteiger charge is -2.08. The zero-order valence-electron chi connectivity index (χ0n) is 13.1. The molecule has 0 saturated carbocycles. The first-order valence-corrected chi connectivity index (χ1v) is 7.45. The van der Waals surface area contributed by atoms with Crippen LogP contribution >= 0.6 is 11.6 Å². The normalized spacial score (nSPS) is 14.5. The molecule has 23 heavy (non-hydrogen) atoms. The van der Waals surface area contributed by atoms with Gasteiger partial charge in [0.15, 0.2) is 18.1 Å². The molecular weight excluding hydrogens is 320 g/mol. The number of hydrogen-bond acceptors (Lipinski definition) is 4. The quantitative estimate of drug-likeness (QED) is 0.789. The summed E-state index contributed by atoms with van der Waals surface area (Å²) < 4.78 is 12.8. The minimum atomic E-state index is -0.391. The number of furan rings is 1. The maximum Gasteiger partial charge on any atom is 0.459 e. The van der Waals surface area contributed by atoms with Gasteiger partial charge in [-0.3, -0.25) is 4.79 Å². The van der Waals surface area contributed by atoms with Crippen molar-refractivity contribution in [2.75, 3.05) is 27.2 Å². The second-order valence-electron chi connectivity index (χ2n) is 5.60. The maximum absolute atomic E-state index is 12.8. The van der Waals surface area contributed by atoms with Gasteiger partial charge >= 0.3 is 5.91 Å². The molecule has 1 aliphatic rings. The lowest BCUT2D eigenvalue weighted by Crippen LogP contribution is -2.37. The van der Waals surface area contributed by atoms with E-state index in [2.05, 4.69) is 0 Å². The number of likely N-dealkylation sites (N-methyl/N-ethyl adjacent to an activating group) is 1. The van der Waals surface area contributed by atoms with Crippen LogP contribution in [0.2, 0.25) is 5.02 Å². The van der Waals surface area contributed by atoms with E-state index in [9.17, 15) is 9.59 Å². The zero-order chi connectivity index (χ0) is 16.7. The Bertz CT molecular complexity index is 851. The zero-order valence-corrected chi connectivity index (χ0v) is 13.8. The molecule has 0 fully saturated rings. The number of amides is 2. The van der Waals surface area contributed by atoms with Crippen LogP contribution in [0.3, 0.4) is 0 Å². The SMILES string of the molecule is CC1=[N+](CC(=O)N(C)C)C(=O)c2oc3ccc(Cl)cc3c2OC1. The van der Waals surface area contributed by atoms with Gasteiger partial charge in [0.1, 0.15) is 5.58 Å². The van der Waals surface area contributed by atoms with Crippen molar-refractivity contribution in [2.45, 2.75) is 6.92 Å². The lowest BCUT2D eigenvalue weighted by molar-refractivity contribution is -0.420. The number of carbonyl (C=O) groups excluding carboxylic acids is 2. The minimum absolute atomic E-state index is 0.0573. The maximum atomic E-state index is 12.8. The monoisotopic (exact) mass is 335 g/mol. The van der Waals surface area contributed by atoms with Gasteiger partial charge in [0, 0.05) is 26.0 Å². The lowest BCUT2D eigenvalue weighted by atomic mass is 10.2. The summed E-state index contributed by atoms with van der Waals surface area (Å²) in [6, 6.07) is 5.07. The van der Waals surface area contributed by atoms with Crippen molar-refractivity contribution < 1.29 is 23.3 Å². The van der Waals surface area contributed by atoms with Crippen LogP contribution in [-0.4, -0.2) is 54.2 Å². The molecule has 1 aromatic heterocycles. The van der Waals surface area contributed by atoms with Crippen LogP contribution in [0.15, 0.2) is 22.6 Å². The van der Waals surface area contributed by atoms with Crippen LogP contribution in [-0.2, 0) is 4.79 Å². The summed E-state index contributed by atoms with van der Waals surface area (Å²) in [5.74, 6) is -0.116. The molecule has 7 heteroatoms. The van der Waals surface area contributed by atoms with E-state index < -0.39 is 5.91 Å². The van der Waals surface area contributed by atoms with Crippen molar-refractivity contribution in [2.24, 2.45) is 0 Å². The summed E-state index contributed by atoms with van der Waals surface area (Å²) in [4.78, 5) is 26.2. The molecule has 2 amide bonds. The Kier molecular flexibility index (Phi) is 3.85. The summed E-state index contributed by atoms with van der Waals surface area (Å²) in [5.41, 5.74) is 1.16. The first kappa shape index (κ1) is 15.6. The fraction of sp³-hybridized carbons (Fsp3) is 0.312. The van der Waals surface area contributed by atoms with Crippen molar-refractivity contribution in [3.8, 4) is 5.75 Å². The van der Waals surface area contributed by atoms with Crippen LogP contribution in [0.4, 0.5) is 0 Å². The number of benzene rings is 1. The van der Waals surface area contributed by atoms with Crippen molar-refractivity contribution >= 4 is 40.1 Å². The summed E-state index contributed by atoms with van der Waals surface area (Å²) in [6.45, 7) is 1.89. The van der Waals surface area contributed by atoms with E-state index in [-0.39, 0.29) is 24.8 Å². The number of rotatable bonds is 2. The van der Waals surface area contributed by atoms with Crippen molar-refractivity contribution in [3.05, 3.63) is 29.0 Å². The second-order valence-corrected chi connectivity index (χ2v) is 6.04. The highest BCUT2D eigenvalue weighted by Gasteiger charge is 2.37. The van der Waals surface area contributed by atoms with Crippen LogP contribution in [0.1, 0.15) is 17.5 Å². The highest BCUT2D eigenvalue weighted by atomic mass is 35.5. The van der Waals surface area contributed by atoms with Crippen molar-refractivity contribution in [1.29, 1.82) is 0 Å². The number of ether oxygens (including phenoxy) is 1. The van der Waals surface area contributed by atoms with Gasteiger partial charge in [-0.25, -0.2) is 4.79 Å². The number of fused-ring (bicyclic) bond motifs is 3. The third-order valence-electron chi connectivity index (χ3n) is 3.72. The molecule has 3 rings (SSSR count). The van der Waals surface area contributed by atoms with Gasteiger partial charge < -0.3 is 14.1 Å². The van der Waals surface area contributed by atoms with Gasteiger partial charge in [-0.2, -0.15) is 0 Å². The van der Waals surface area contributed by atoms with Gasteiger partial charge in [0.2, 0.25) is 6.54 Å². The van der Waals surface area contributed by atoms with Crippen LogP contribution in [0, 0.1) is 0 Å². The molecule has 0 aliphatic carbocycles. The molecule has 0 unspecified atom stereocenters. The van der Waals surface area contributed by atoms with Gasteiger partial charge in [0.25, 0.3) is 11.7 Å². The molecule has 1 aromatic carbocycles. The predicted octanol–water partition coefficient (Wildman–Crippen LogP) is 2.18. The molecule has 2 aromatic rings. The first-order chi connectivity index (χ1) is 10.9. The molecule has 0 atom stereocenters. The summed E-state index contributed by atoms with van der Waals surface area (Å²) in [5, 5.41) is 1.18. The molecule has 1 aliphatic heterocycles. The number of carbonyl (C=O) groups is 2. The van der Waals surface area contributed by atoms with Gasteiger partial charge in [0.05, 0.1) is 5.39 Å². The second kappa shape index (κ2) is 5.70. The fourth-order valence-corrected chi connectivity index (χ4v) is 2.54. The molecule has 120 valence electrons. The summed E-state index contributed by atoms with van der Waals surface area (Å²) >= 11 is 6.01. The van der Waals surface area contributed by atoms with E-state index >= 15 is 0 Å². The minimum Gasteiger partial charge on any atom is -0.478 e. The van der Waals surface area contributed by atoms with E-state index in [1.165, 1.54) is 9.48 Å². The first-order valence-electron chi connectivity index (χ1n) is 7.07. The third-order valence-corrected chi connectivity index (χ3v) is 3.96. The molecule has 0 N–H and O–H groups in total. The number of halogens is 1. The largest absolute Gasteiger partial charge is 0.478 e. The Morgan fingerprint density at radius 1 is 1.39 bits per heavy atom. The average molecular weight is 336 g/mol. The van der Waals surface area contributed by atoms with E-state index in [0.717, 1.165) is 0 Å². The molecule has 2 heterocycles. The molecule has 6 nitrogen and oxygen atoms in total. The van der Waals surface area contributed by atoms with Crippen LogP contribution in [0.5, 0.6) is 5.75 Å². The topological polar surface area (TPSA) is 62.8 Å². The van der Waals surface area contributed by atoms with Crippen molar-refractivity contribution in [3.63, 3.8) is 0 Å². The van der Waals surface area contributed by atoms with E-state index in [4.69, 9.17) is 20.8 Å². The van der Waals surface area contributed by atoms with Crippen molar-refractivity contribution in [1.82, 2.24) is 4.90 Å². The molecule has 0 bridgehead atoms. The summed E-state index contributed by atoms with van der Waals surface area (Å²) in [7, 11) is 3.29. The van der Waals surface area contributed by atoms with Crippen LogP contribution in [0.25, 0.3) is 11.0 Å². The molecule has 0 radical (unpaired) electrons. The average Bonchev–Trinajstić information content (AvgIpc) is 2.81. The predicted molar refractivity (Wildman–Crippen MR) is 85.6 cm³/mol. The Morgan fingerprint density at radius 2 is 2.13 bits per heavy atom. The van der Waals surface area contributed by atoms with E-state index in [0.29, 0.717) is 27.5 Å². The highest BCUT2D eigenvalue weighted by molar-refractivity contribution is 6.31. The fourth-order valence-electron chi connectivity index (χ4n) is 2.37. The van der Waals surface area contributed by atoms with Crippen LogP contribution < -0.4 is 4.74 Å². The Balaban J connectivity index is 2.08. The molecule has 0 spiro atoms. The Hall–Kier alpha value is -2.34. The third kappa shape index (κ3) is 2.70. The van der Waals surface area contributed by atoms with E-state index in [1.54, 1.807) is 39.2 Å². The van der Waals surface area contributed by atoms with Gasteiger partial charge in [-0.05, 0) is 18.2 Å². The standard InChI is InChI=1S/C16H16ClN2O4/c1-9-8-22-14-11-6-10(17)4-5-12(11)23-15(14)16(21)19(9)7-13(20)18(2)3/h4-6H,7-8H2,1-3H3/q+1. The number of hydrogen-bond donors (Lipinski definition) is 0. The Labute approximate surface area is 137 Å².